The van der Waals surface area contributed by atoms with Gasteiger partial charge in [0.15, 0.2) is 5.65 Å². The Morgan fingerprint density at radius 2 is 2.03 bits per heavy atom. The number of halogens is 1. The number of benzene rings is 1. The molecule has 1 saturated heterocycles. The SMILES string of the molecule is CC1CCCN1c1cccc(Nc2cc(-c3cccc(C(=O)O)c3)nn3ccnc23)n1.Cl. The number of carboxylic acids is 1. The van der Waals surface area contributed by atoms with Gasteiger partial charge in [0.2, 0.25) is 0 Å². The molecule has 4 aromatic rings. The third-order valence-corrected chi connectivity index (χ3v) is 5.61. The first-order chi connectivity index (χ1) is 15.1. The Balaban J connectivity index is 0.00000245. The fourth-order valence-corrected chi connectivity index (χ4v) is 4.03. The van der Waals surface area contributed by atoms with Crippen LogP contribution in [0.1, 0.15) is 30.1 Å². The summed E-state index contributed by atoms with van der Waals surface area (Å²) in [6.45, 7) is 3.24. The van der Waals surface area contributed by atoms with E-state index in [4.69, 9.17) is 4.98 Å². The highest BCUT2D eigenvalue weighted by Gasteiger charge is 2.21. The van der Waals surface area contributed by atoms with E-state index in [-0.39, 0.29) is 18.0 Å². The predicted molar refractivity (Wildman–Crippen MR) is 126 cm³/mol. The molecule has 1 atom stereocenters. The number of aromatic nitrogens is 4. The number of pyridine rings is 1. The highest BCUT2D eigenvalue weighted by atomic mass is 35.5. The van der Waals surface area contributed by atoms with Crippen molar-refractivity contribution in [2.24, 2.45) is 0 Å². The molecule has 0 amide bonds. The van der Waals surface area contributed by atoms with E-state index in [2.05, 4.69) is 27.2 Å². The third kappa shape index (κ3) is 4.09. The molecule has 0 saturated carbocycles. The van der Waals surface area contributed by atoms with Gasteiger partial charge < -0.3 is 15.3 Å². The average Bonchev–Trinajstić information content (AvgIpc) is 3.43. The van der Waals surface area contributed by atoms with Crippen LogP contribution in [-0.4, -0.2) is 43.2 Å². The Kier molecular flexibility index (Phi) is 5.96. The number of carboxylic acid groups (broad SMARTS) is 1. The van der Waals surface area contributed by atoms with Crippen LogP contribution >= 0.6 is 12.4 Å². The second-order valence-corrected chi connectivity index (χ2v) is 7.72. The molecule has 1 unspecified atom stereocenters. The highest BCUT2D eigenvalue weighted by Crippen LogP contribution is 2.28. The molecule has 2 N–H and O–H groups in total. The molecular formula is C23H23ClN6O2. The first-order valence-corrected chi connectivity index (χ1v) is 10.3. The van der Waals surface area contributed by atoms with Crippen LogP contribution < -0.4 is 10.2 Å². The van der Waals surface area contributed by atoms with Crippen molar-refractivity contribution in [1.29, 1.82) is 0 Å². The molecule has 1 aromatic carbocycles. The van der Waals surface area contributed by atoms with Crippen LogP contribution in [0.15, 0.2) is 60.9 Å². The van der Waals surface area contributed by atoms with Crippen LogP contribution in [-0.2, 0) is 0 Å². The summed E-state index contributed by atoms with van der Waals surface area (Å²) in [6.07, 6.45) is 5.80. The number of fused-ring (bicyclic) bond motifs is 1. The van der Waals surface area contributed by atoms with Crippen molar-refractivity contribution in [3.8, 4) is 11.3 Å². The lowest BCUT2D eigenvalue weighted by atomic mass is 10.1. The summed E-state index contributed by atoms with van der Waals surface area (Å²) in [7, 11) is 0. The van der Waals surface area contributed by atoms with Gasteiger partial charge in [0.05, 0.1) is 16.9 Å². The van der Waals surface area contributed by atoms with E-state index in [0.717, 1.165) is 23.9 Å². The Labute approximate surface area is 191 Å². The lowest BCUT2D eigenvalue weighted by molar-refractivity contribution is 0.0697. The monoisotopic (exact) mass is 450 g/mol. The van der Waals surface area contributed by atoms with Gasteiger partial charge in [-0.05, 0) is 50.1 Å². The van der Waals surface area contributed by atoms with E-state index >= 15 is 0 Å². The standard InChI is InChI=1S/C23H22N6O2.ClH/c1-15-5-4-11-28(15)21-9-3-8-20(26-21)25-19-14-18(27-29-12-10-24-22(19)29)16-6-2-7-17(13-16)23(30)31;/h2-3,6-10,12-15H,4-5,11H2,1H3,(H,25,26)(H,30,31);1H. The van der Waals surface area contributed by atoms with Crippen LogP contribution in [0.2, 0.25) is 0 Å². The first-order valence-electron chi connectivity index (χ1n) is 10.3. The summed E-state index contributed by atoms with van der Waals surface area (Å²) in [6, 6.07) is 15.1. The van der Waals surface area contributed by atoms with Gasteiger partial charge in [-0.3, -0.25) is 0 Å². The molecule has 9 heteroatoms. The van der Waals surface area contributed by atoms with Crippen LogP contribution in [0.25, 0.3) is 16.9 Å². The van der Waals surface area contributed by atoms with Crippen molar-refractivity contribution in [3.05, 3.63) is 66.5 Å². The average molecular weight is 451 g/mol. The predicted octanol–water partition coefficient (Wildman–Crippen LogP) is 4.64. The Morgan fingerprint density at radius 3 is 2.81 bits per heavy atom. The molecule has 1 aliphatic rings. The van der Waals surface area contributed by atoms with Crippen LogP contribution in [0.5, 0.6) is 0 Å². The minimum absolute atomic E-state index is 0. The molecule has 0 aliphatic carbocycles. The molecule has 8 nitrogen and oxygen atoms in total. The second kappa shape index (κ2) is 8.84. The molecule has 3 aromatic heterocycles. The number of nitrogens with one attached hydrogen (secondary N) is 1. The van der Waals surface area contributed by atoms with Crippen LogP contribution in [0.3, 0.4) is 0 Å². The van der Waals surface area contributed by atoms with E-state index in [1.54, 1.807) is 35.1 Å². The molecule has 1 aliphatic heterocycles. The van der Waals surface area contributed by atoms with Crippen molar-refractivity contribution in [1.82, 2.24) is 19.6 Å². The van der Waals surface area contributed by atoms with Gasteiger partial charge in [-0.15, -0.1) is 12.4 Å². The van der Waals surface area contributed by atoms with E-state index < -0.39 is 5.97 Å². The molecule has 4 heterocycles. The number of imidazole rings is 1. The minimum Gasteiger partial charge on any atom is -0.478 e. The van der Waals surface area contributed by atoms with Crippen molar-refractivity contribution in [3.63, 3.8) is 0 Å². The first kappa shape index (κ1) is 21.6. The summed E-state index contributed by atoms with van der Waals surface area (Å²) in [5, 5.41) is 17.3. The van der Waals surface area contributed by atoms with Crippen LogP contribution in [0, 0.1) is 0 Å². The van der Waals surface area contributed by atoms with Gasteiger partial charge in [-0.25, -0.2) is 19.3 Å². The van der Waals surface area contributed by atoms with Crippen molar-refractivity contribution < 1.29 is 9.90 Å². The number of carbonyl (C=O) groups is 1. The third-order valence-electron chi connectivity index (χ3n) is 5.61. The van der Waals surface area contributed by atoms with Gasteiger partial charge >= 0.3 is 5.97 Å². The summed E-state index contributed by atoms with van der Waals surface area (Å²) in [4.78, 5) is 22.9. The molecule has 0 radical (unpaired) electrons. The zero-order chi connectivity index (χ0) is 21.4. The fraction of sp³-hybridized carbons (Fsp3) is 0.217. The lowest BCUT2D eigenvalue weighted by Gasteiger charge is -2.23. The topological polar surface area (TPSA) is 95.7 Å². The molecule has 1 fully saturated rings. The Bertz CT molecular complexity index is 1270. The normalized spacial score (nSPS) is 15.5. The number of hydrogen-bond acceptors (Lipinski definition) is 6. The zero-order valence-corrected chi connectivity index (χ0v) is 18.3. The Hall–Kier alpha value is -3.65. The Morgan fingerprint density at radius 1 is 1.19 bits per heavy atom. The van der Waals surface area contributed by atoms with Crippen molar-refractivity contribution in [2.75, 3.05) is 16.8 Å². The zero-order valence-electron chi connectivity index (χ0n) is 17.5. The number of nitrogens with zero attached hydrogens (tertiary/aromatic N) is 5. The fourth-order valence-electron chi connectivity index (χ4n) is 4.03. The highest BCUT2D eigenvalue weighted by molar-refractivity contribution is 5.89. The van der Waals surface area contributed by atoms with Crippen molar-refractivity contribution >= 4 is 41.3 Å². The van der Waals surface area contributed by atoms with E-state index in [1.165, 1.54) is 12.8 Å². The number of hydrogen-bond donors (Lipinski definition) is 2. The lowest BCUT2D eigenvalue weighted by Crippen LogP contribution is -2.27. The minimum atomic E-state index is -0.971. The van der Waals surface area contributed by atoms with Gasteiger partial charge in [0.25, 0.3) is 0 Å². The molecule has 32 heavy (non-hydrogen) atoms. The molecule has 164 valence electrons. The maximum atomic E-state index is 11.4. The van der Waals surface area contributed by atoms with Gasteiger partial charge in [0.1, 0.15) is 11.6 Å². The van der Waals surface area contributed by atoms with Gasteiger partial charge in [0, 0.05) is 30.5 Å². The number of rotatable bonds is 5. The molecular weight excluding hydrogens is 428 g/mol. The maximum absolute atomic E-state index is 11.4. The summed E-state index contributed by atoms with van der Waals surface area (Å²) in [5.41, 5.74) is 2.98. The van der Waals surface area contributed by atoms with E-state index in [9.17, 15) is 9.90 Å². The number of anilines is 3. The van der Waals surface area contributed by atoms with Crippen molar-refractivity contribution in [2.45, 2.75) is 25.8 Å². The van der Waals surface area contributed by atoms with Gasteiger partial charge in [-0.2, -0.15) is 5.10 Å². The second-order valence-electron chi connectivity index (χ2n) is 7.72. The van der Waals surface area contributed by atoms with E-state index in [0.29, 0.717) is 22.9 Å². The molecule has 5 rings (SSSR count). The smallest absolute Gasteiger partial charge is 0.335 e. The maximum Gasteiger partial charge on any atom is 0.335 e. The molecule has 0 bridgehead atoms. The summed E-state index contributed by atoms with van der Waals surface area (Å²) >= 11 is 0. The quantitative estimate of drug-likeness (QED) is 0.457. The van der Waals surface area contributed by atoms with E-state index in [1.807, 2.05) is 30.3 Å². The largest absolute Gasteiger partial charge is 0.478 e. The summed E-state index contributed by atoms with van der Waals surface area (Å²) < 4.78 is 1.68. The van der Waals surface area contributed by atoms with Gasteiger partial charge in [-0.1, -0.05) is 18.2 Å². The molecule has 0 spiro atoms. The number of aromatic carboxylic acids is 1. The van der Waals surface area contributed by atoms with Crippen LogP contribution in [0.4, 0.5) is 17.3 Å². The summed E-state index contributed by atoms with van der Waals surface area (Å²) in [5.74, 6) is 0.705.